The van der Waals surface area contributed by atoms with Gasteiger partial charge in [-0.25, -0.2) is 0 Å². The topological polar surface area (TPSA) is 54.7 Å². The number of aromatic amines is 1. The molecule has 0 radical (unpaired) electrons. The fourth-order valence-corrected chi connectivity index (χ4v) is 4.62. The van der Waals surface area contributed by atoms with Crippen LogP contribution in [0.2, 0.25) is 0 Å². The summed E-state index contributed by atoms with van der Waals surface area (Å²) in [4.78, 5) is 0. The van der Waals surface area contributed by atoms with Crippen molar-refractivity contribution in [1.82, 2.24) is 15.4 Å². The Morgan fingerprint density at radius 1 is 1.32 bits per heavy atom. The number of hydrogen-bond donors (Lipinski definition) is 1. The molecule has 100 valence electrons. The Hall–Kier alpha value is -1.58. The number of aryl methyl sites for hydroxylation is 1. The molecule has 0 spiro atoms. The Kier molecular flexibility index (Phi) is 1.95. The van der Waals surface area contributed by atoms with Crippen LogP contribution in [0.15, 0.2) is 16.9 Å². The number of nitrogens with zero attached hydrogens (tertiary/aromatic N) is 2. The second-order valence-corrected chi connectivity index (χ2v) is 6.85. The lowest BCUT2D eigenvalue weighted by molar-refractivity contribution is 0.109. The summed E-state index contributed by atoms with van der Waals surface area (Å²) in [5, 5.41) is 11.6. The molecule has 2 aromatic heterocycles. The van der Waals surface area contributed by atoms with E-state index in [1.165, 1.54) is 23.2 Å². The zero-order valence-corrected chi connectivity index (χ0v) is 11.7. The third-order valence-electron chi connectivity index (χ3n) is 5.39. The van der Waals surface area contributed by atoms with Gasteiger partial charge in [-0.15, -0.1) is 0 Å². The van der Waals surface area contributed by atoms with Crippen molar-refractivity contribution in [3.05, 3.63) is 35.0 Å². The molecule has 2 atom stereocenters. The number of aromatic nitrogens is 3. The molecule has 2 aliphatic carbocycles. The van der Waals surface area contributed by atoms with E-state index in [1.54, 1.807) is 0 Å². The first kappa shape index (κ1) is 11.3. The molecule has 0 saturated carbocycles. The van der Waals surface area contributed by atoms with Crippen molar-refractivity contribution in [2.24, 2.45) is 5.92 Å². The molecular formula is C15H19N3O. The predicted octanol–water partition coefficient (Wildman–Crippen LogP) is 2.75. The summed E-state index contributed by atoms with van der Waals surface area (Å²) in [5.41, 5.74) is 4.00. The molecule has 2 heterocycles. The molecular weight excluding hydrogens is 238 g/mol. The van der Waals surface area contributed by atoms with E-state index in [1.807, 2.05) is 6.20 Å². The number of rotatable bonds is 0. The molecule has 19 heavy (non-hydrogen) atoms. The van der Waals surface area contributed by atoms with Gasteiger partial charge in [-0.2, -0.15) is 5.10 Å². The van der Waals surface area contributed by atoms with Crippen LogP contribution in [0.3, 0.4) is 0 Å². The van der Waals surface area contributed by atoms with Crippen molar-refractivity contribution in [3.8, 4) is 0 Å². The molecule has 2 aliphatic rings. The summed E-state index contributed by atoms with van der Waals surface area (Å²) in [6.45, 7) is 6.93. The summed E-state index contributed by atoms with van der Waals surface area (Å²) in [5.74, 6) is 1.63. The van der Waals surface area contributed by atoms with Crippen molar-refractivity contribution in [2.75, 3.05) is 0 Å². The summed E-state index contributed by atoms with van der Waals surface area (Å²) < 4.78 is 5.56. The highest BCUT2D eigenvalue weighted by molar-refractivity contribution is 5.40. The second-order valence-electron chi connectivity index (χ2n) is 6.85. The molecule has 0 unspecified atom stereocenters. The van der Waals surface area contributed by atoms with Crippen molar-refractivity contribution in [3.63, 3.8) is 0 Å². The van der Waals surface area contributed by atoms with Gasteiger partial charge in [0, 0.05) is 22.6 Å². The lowest BCUT2D eigenvalue weighted by Gasteiger charge is -2.51. The molecule has 0 amide bonds. The fourth-order valence-electron chi connectivity index (χ4n) is 4.62. The molecule has 1 N–H and O–H groups in total. The Balaban J connectivity index is 1.95. The number of hydrogen-bond acceptors (Lipinski definition) is 3. The second kappa shape index (κ2) is 3.30. The maximum Gasteiger partial charge on any atom is 0.145 e. The standard InChI is InChI=1S/C15H19N3O/c1-14(2)11-5-4-9-7-16-18-12(9)15(11,3)6-10-8-17-19-13(10)14/h7-8,11H,4-6H2,1-3H3,(H,16,18)/t11-,15-/m0/s1. The highest BCUT2D eigenvalue weighted by Crippen LogP contribution is 2.55. The monoisotopic (exact) mass is 257 g/mol. The van der Waals surface area contributed by atoms with Crippen LogP contribution < -0.4 is 0 Å². The number of nitrogens with one attached hydrogen (secondary N) is 1. The van der Waals surface area contributed by atoms with Crippen LogP contribution in [0.5, 0.6) is 0 Å². The summed E-state index contributed by atoms with van der Waals surface area (Å²) in [6, 6.07) is 0. The third-order valence-corrected chi connectivity index (χ3v) is 5.39. The van der Waals surface area contributed by atoms with Gasteiger partial charge in [0.05, 0.1) is 11.9 Å². The SMILES string of the molecule is CC1(C)c2oncc2C[C@]2(C)c3n[nH]cc3CC[C@@H]12. The summed E-state index contributed by atoms with van der Waals surface area (Å²) in [6.07, 6.45) is 7.24. The average Bonchev–Trinajstić information content (AvgIpc) is 2.96. The van der Waals surface area contributed by atoms with Crippen molar-refractivity contribution >= 4 is 0 Å². The Morgan fingerprint density at radius 3 is 3.00 bits per heavy atom. The minimum Gasteiger partial charge on any atom is -0.361 e. The first-order valence-electron chi connectivity index (χ1n) is 7.00. The van der Waals surface area contributed by atoms with Gasteiger partial charge in [0.2, 0.25) is 0 Å². The molecule has 0 bridgehead atoms. The van der Waals surface area contributed by atoms with Gasteiger partial charge in [0.15, 0.2) is 0 Å². The lowest BCUT2D eigenvalue weighted by Crippen LogP contribution is -2.51. The van der Waals surface area contributed by atoms with E-state index in [0.29, 0.717) is 5.92 Å². The number of H-pyrrole nitrogens is 1. The van der Waals surface area contributed by atoms with E-state index in [-0.39, 0.29) is 10.8 Å². The quantitative estimate of drug-likeness (QED) is 0.789. The van der Waals surface area contributed by atoms with Gasteiger partial charge in [-0.1, -0.05) is 25.9 Å². The van der Waals surface area contributed by atoms with Gasteiger partial charge < -0.3 is 4.52 Å². The first-order valence-corrected chi connectivity index (χ1v) is 7.00. The summed E-state index contributed by atoms with van der Waals surface area (Å²) >= 11 is 0. The van der Waals surface area contributed by atoms with E-state index in [9.17, 15) is 0 Å². The van der Waals surface area contributed by atoms with Crippen LogP contribution in [0.4, 0.5) is 0 Å². The van der Waals surface area contributed by atoms with Crippen LogP contribution in [-0.4, -0.2) is 15.4 Å². The Morgan fingerprint density at radius 2 is 2.16 bits per heavy atom. The van der Waals surface area contributed by atoms with Crippen LogP contribution in [-0.2, 0) is 23.7 Å². The smallest absolute Gasteiger partial charge is 0.145 e. The molecule has 0 saturated heterocycles. The maximum absolute atomic E-state index is 5.56. The largest absolute Gasteiger partial charge is 0.361 e. The first-order chi connectivity index (χ1) is 9.03. The zero-order chi connectivity index (χ0) is 13.3. The molecule has 0 aliphatic heterocycles. The normalized spacial score (nSPS) is 31.4. The fraction of sp³-hybridized carbons (Fsp3) is 0.600. The van der Waals surface area contributed by atoms with E-state index in [0.717, 1.165) is 18.6 Å². The van der Waals surface area contributed by atoms with Crippen molar-refractivity contribution in [1.29, 1.82) is 0 Å². The van der Waals surface area contributed by atoms with Crippen LogP contribution in [0.1, 0.15) is 49.8 Å². The lowest BCUT2D eigenvalue weighted by atomic mass is 9.52. The third kappa shape index (κ3) is 1.24. The number of fused-ring (bicyclic) bond motifs is 4. The van der Waals surface area contributed by atoms with Gasteiger partial charge in [-0.05, 0) is 30.7 Å². The summed E-state index contributed by atoms with van der Waals surface area (Å²) in [7, 11) is 0. The molecule has 0 fully saturated rings. The van der Waals surface area contributed by atoms with E-state index in [2.05, 4.69) is 42.3 Å². The predicted molar refractivity (Wildman–Crippen MR) is 71.0 cm³/mol. The van der Waals surface area contributed by atoms with Crippen LogP contribution >= 0.6 is 0 Å². The minimum atomic E-state index is 0.0233. The van der Waals surface area contributed by atoms with Gasteiger partial charge >= 0.3 is 0 Å². The minimum absolute atomic E-state index is 0.0233. The molecule has 4 rings (SSSR count). The molecule has 2 aromatic rings. The van der Waals surface area contributed by atoms with Crippen molar-refractivity contribution < 1.29 is 4.52 Å². The van der Waals surface area contributed by atoms with E-state index in [4.69, 9.17) is 4.52 Å². The average molecular weight is 257 g/mol. The highest BCUT2D eigenvalue weighted by Gasteiger charge is 2.55. The van der Waals surface area contributed by atoms with E-state index < -0.39 is 0 Å². The van der Waals surface area contributed by atoms with Crippen LogP contribution in [0, 0.1) is 5.92 Å². The van der Waals surface area contributed by atoms with Gasteiger partial charge in [-0.3, -0.25) is 5.10 Å². The molecule has 4 nitrogen and oxygen atoms in total. The van der Waals surface area contributed by atoms with Gasteiger partial charge in [0.1, 0.15) is 5.76 Å². The molecule has 4 heteroatoms. The zero-order valence-electron chi connectivity index (χ0n) is 11.7. The van der Waals surface area contributed by atoms with Gasteiger partial charge in [0.25, 0.3) is 0 Å². The highest BCUT2D eigenvalue weighted by atomic mass is 16.5. The maximum atomic E-state index is 5.56. The van der Waals surface area contributed by atoms with Crippen molar-refractivity contribution in [2.45, 2.75) is 50.9 Å². The van der Waals surface area contributed by atoms with E-state index >= 15 is 0 Å². The Labute approximate surface area is 112 Å². The molecule has 0 aromatic carbocycles. The van der Waals surface area contributed by atoms with Crippen LogP contribution in [0.25, 0.3) is 0 Å². The Bertz CT molecular complexity index is 639.